The maximum atomic E-state index is 12.4. The first-order chi connectivity index (χ1) is 10.1. The summed E-state index contributed by atoms with van der Waals surface area (Å²) in [7, 11) is 0. The summed E-state index contributed by atoms with van der Waals surface area (Å²) in [5.74, 6) is 0.273. The summed E-state index contributed by atoms with van der Waals surface area (Å²) >= 11 is 0. The Morgan fingerprint density at radius 1 is 1.38 bits per heavy atom. The lowest BCUT2D eigenvalue weighted by molar-refractivity contribution is 0.0691. The molecule has 1 aliphatic rings. The molecule has 1 fully saturated rings. The number of pyridine rings is 1. The molecule has 1 aromatic rings. The molecule has 2 heterocycles. The van der Waals surface area contributed by atoms with Crippen LogP contribution >= 0.6 is 0 Å². The number of amides is 2. The lowest BCUT2D eigenvalue weighted by Gasteiger charge is -2.30. The van der Waals surface area contributed by atoms with Gasteiger partial charge in [0.15, 0.2) is 0 Å². The fraction of sp³-hybridized carbons (Fsp3) is 0.438. The quantitative estimate of drug-likeness (QED) is 0.860. The van der Waals surface area contributed by atoms with Gasteiger partial charge in [-0.1, -0.05) is 19.1 Å². The largest absolute Gasteiger partial charge is 0.347 e. The van der Waals surface area contributed by atoms with E-state index in [0.29, 0.717) is 18.2 Å². The minimum Gasteiger partial charge on any atom is -0.347 e. The van der Waals surface area contributed by atoms with Gasteiger partial charge in [0.25, 0.3) is 11.8 Å². The molecule has 0 saturated carbocycles. The van der Waals surface area contributed by atoms with Crippen molar-refractivity contribution in [2.24, 2.45) is 5.92 Å². The van der Waals surface area contributed by atoms with Gasteiger partial charge >= 0.3 is 0 Å². The second-order valence-electron chi connectivity index (χ2n) is 5.38. The topological polar surface area (TPSA) is 62.3 Å². The minimum absolute atomic E-state index is 0.0970. The predicted molar refractivity (Wildman–Crippen MR) is 81.1 cm³/mol. The molecule has 0 aliphatic carbocycles. The molecule has 1 N–H and O–H groups in total. The van der Waals surface area contributed by atoms with Crippen molar-refractivity contribution in [1.29, 1.82) is 0 Å². The molecule has 5 nitrogen and oxygen atoms in total. The van der Waals surface area contributed by atoms with E-state index >= 15 is 0 Å². The van der Waals surface area contributed by atoms with Gasteiger partial charge in [-0.2, -0.15) is 0 Å². The maximum absolute atomic E-state index is 12.4. The molecule has 0 spiro atoms. The highest BCUT2D eigenvalue weighted by Gasteiger charge is 2.22. The molecule has 0 bridgehead atoms. The predicted octanol–water partition coefficient (Wildman–Crippen LogP) is 1.87. The molecule has 1 saturated heterocycles. The summed E-state index contributed by atoms with van der Waals surface area (Å²) < 4.78 is 0. The second kappa shape index (κ2) is 7.02. The van der Waals surface area contributed by atoms with Crippen molar-refractivity contribution in [2.45, 2.75) is 19.8 Å². The van der Waals surface area contributed by atoms with Gasteiger partial charge in [0, 0.05) is 19.6 Å². The van der Waals surface area contributed by atoms with Crippen molar-refractivity contribution < 1.29 is 9.59 Å². The number of nitrogens with zero attached hydrogens (tertiary/aromatic N) is 2. The van der Waals surface area contributed by atoms with Crippen molar-refractivity contribution >= 4 is 11.8 Å². The van der Waals surface area contributed by atoms with E-state index in [1.807, 2.05) is 4.90 Å². The second-order valence-corrected chi connectivity index (χ2v) is 5.38. The molecule has 2 amide bonds. The molecular formula is C16H21N3O2. The van der Waals surface area contributed by atoms with E-state index in [9.17, 15) is 9.59 Å². The zero-order valence-corrected chi connectivity index (χ0v) is 12.3. The van der Waals surface area contributed by atoms with Gasteiger partial charge < -0.3 is 10.2 Å². The summed E-state index contributed by atoms with van der Waals surface area (Å²) in [6.45, 7) is 7.64. The van der Waals surface area contributed by atoms with Crippen LogP contribution < -0.4 is 5.32 Å². The lowest BCUT2D eigenvalue weighted by atomic mass is 9.99. The number of aromatic nitrogens is 1. The third-order valence-corrected chi connectivity index (χ3v) is 3.68. The number of carbonyl (C=O) groups is 2. The fourth-order valence-electron chi connectivity index (χ4n) is 2.31. The number of carbonyl (C=O) groups excluding carboxylic acids is 2. The summed E-state index contributed by atoms with van der Waals surface area (Å²) in [4.78, 5) is 30.3. The number of hydrogen-bond donors (Lipinski definition) is 1. The molecule has 1 aliphatic heterocycles. The third-order valence-electron chi connectivity index (χ3n) is 3.68. The Kier molecular flexibility index (Phi) is 5.09. The highest BCUT2D eigenvalue weighted by molar-refractivity contribution is 5.96. The Morgan fingerprint density at radius 3 is 2.71 bits per heavy atom. The van der Waals surface area contributed by atoms with E-state index in [0.717, 1.165) is 25.9 Å². The minimum atomic E-state index is -0.295. The Bertz CT molecular complexity index is 534. The van der Waals surface area contributed by atoms with Crippen LogP contribution in [0.2, 0.25) is 0 Å². The first kappa shape index (κ1) is 15.2. The molecule has 0 atom stereocenters. The molecular weight excluding hydrogens is 266 g/mol. The Morgan fingerprint density at radius 2 is 2.05 bits per heavy atom. The molecule has 21 heavy (non-hydrogen) atoms. The third kappa shape index (κ3) is 3.90. The number of piperidine rings is 1. The maximum Gasteiger partial charge on any atom is 0.272 e. The van der Waals surface area contributed by atoms with Crippen LogP contribution in [-0.2, 0) is 0 Å². The van der Waals surface area contributed by atoms with Crippen LogP contribution in [-0.4, -0.2) is 41.3 Å². The molecule has 0 radical (unpaired) electrons. The Labute approximate surface area is 125 Å². The van der Waals surface area contributed by atoms with Crippen LogP contribution in [0.4, 0.5) is 0 Å². The highest BCUT2D eigenvalue weighted by atomic mass is 16.2. The first-order valence-electron chi connectivity index (χ1n) is 7.27. The Balaban J connectivity index is 2.07. The van der Waals surface area contributed by atoms with Crippen molar-refractivity contribution in [3.05, 3.63) is 42.2 Å². The smallest absolute Gasteiger partial charge is 0.272 e. The van der Waals surface area contributed by atoms with E-state index in [2.05, 4.69) is 23.8 Å². The van der Waals surface area contributed by atoms with Gasteiger partial charge in [-0.3, -0.25) is 9.59 Å². The van der Waals surface area contributed by atoms with Crippen molar-refractivity contribution in [3.63, 3.8) is 0 Å². The molecule has 0 aromatic carbocycles. The van der Waals surface area contributed by atoms with Crippen molar-refractivity contribution in [2.75, 3.05) is 19.6 Å². The standard InChI is InChI=1S/C16H21N3O2/c1-3-9-17-15(20)13-5-4-6-14(18-13)16(21)19-10-7-12(2)8-11-19/h3-6,12H,1,7-11H2,2H3,(H,17,20). The van der Waals surface area contributed by atoms with Crippen LogP contribution in [0.15, 0.2) is 30.9 Å². The SMILES string of the molecule is C=CCNC(=O)c1cccc(C(=O)N2CCC(C)CC2)n1. The van der Waals surface area contributed by atoms with Gasteiger partial charge in [0.2, 0.25) is 0 Å². The van der Waals surface area contributed by atoms with Gasteiger partial charge in [-0.05, 0) is 30.9 Å². The van der Waals surface area contributed by atoms with Crippen LogP contribution in [0.5, 0.6) is 0 Å². The van der Waals surface area contributed by atoms with Gasteiger partial charge in [-0.15, -0.1) is 6.58 Å². The normalized spacial score (nSPS) is 15.6. The van der Waals surface area contributed by atoms with E-state index in [-0.39, 0.29) is 17.5 Å². The van der Waals surface area contributed by atoms with E-state index < -0.39 is 0 Å². The molecule has 1 aromatic heterocycles. The van der Waals surface area contributed by atoms with Crippen molar-refractivity contribution in [1.82, 2.24) is 15.2 Å². The van der Waals surface area contributed by atoms with Gasteiger partial charge in [0.1, 0.15) is 11.4 Å². The summed E-state index contributed by atoms with van der Waals surface area (Å²) in [5, 5.41) is 2.66. The summed E-state index contributed by atoms with van der Waals surface area (Å²) in [6.07, 6.45) is 3.64. The molecule has 0 unspecified atom stereocenters. The van der Waals surface area contributed by atoms with E-state index in [1.165, 1.54) is 0 Å². The lowest BCUT2D eigenvalue weighted by Crippen LogP contribution is -2.38. The van der Waals surface area contributed by atoms with Gasteiger partial charge in [0.05, 0.1) is 0 Å². The number of hydrogen-bond acceptors (Lipinski definition) is 3. The summed E-state index contributed by atoms with van der Waals surface area (Å²) in [6, 6.07) is 4.95. The number of nitrogens with one attached hydrogen (secondary N) is 1. The van der Waals surface area contributed by atoms with E-state index in [4.69, 9.17) is 0 Å². The fourth-order valence-corrected chi connectivity index (χ4v) is 2.31. The Hall–Kier alpha value is -2.17. The first-order valence-corrected chi connectivity index (χ1v) is 7.27. The highest BCUT2D eigenvalue weighted by Crippen LogP contribution is 2.17. The number of likely N-dealkylation sites (tertiary alicyclic amines) is 1. The molecule has 112 valence electrons. The van der Waals surface area contributed by atoms with Gasteiger partial charge in [-0.25, -0.2) is 4.98 Å². The monoisotopic (exact) mass is 287 g/mol. The van der Waals surface area contributed by atoms with Crippen molar-refractivity contribution in [3.8, 4) is 0 Å². The van der Waals surface area contributed by atoms with Crippen LogP contribution in [0, 0.1) is 5.92 Å². The zero-order valence-electron chi connectivity index (χ0n) is 12.3. The van der Waals surface area contributed by atoms with Crippen LogP contribution in [0.3, 0.4) is 0 Å². The molecule has 5 heteroatoms. The van der Waals surface area contributed by atoms with E-state index in [1.54, 1.807) is 24.3 Å². The average molecular weight is 287 g/mol. The number of rotatable bonds is 4. The summed E-state index contributed by atoms with van der Waals surface area (Å²) in [5.41, 5.74) is 0.587. The average Bonchev–Trinajstić information content (AvgIpc) is 2.52. The van der Waals surface area contributed by atoms with Crippen LogP contribution in [0.1, 0.15) is 40.7 Å². The zero-order chi connectivity index (χ0) is 15.2. The van der Waals surface area contributed by atoms with Crippen LogP contribution in [0.25, 0.3) is 0 Å². The molecule has 2 rings (SSSR count).